The van der Waals surface area contributed by atoms with Crippen molar-refractivity contribution in [2.24, 2.45) is 4.99 Å². The molecule has 0 radical (unpaired) electrons. The molecule has 0 saturated heterocycles. The number of nitrogens with zero attached hydrogens (tertiary/aromatic N) is 1. The minimum absolute atomic E-state index is 0. The summed E-state index contributed by atoms with van der Waals surface area (Å²) in [5.74, 6) is 1.00. The van der Waals surface area contributed by atoms with Crippen LogP contribution in [0.25, 0.3) is 0 Å². The van der Waals surface area contributed by atoms with Crippen LogP contribution in [-0.2, 0) is 11.2 Å². The third-order valence-corrected chi connectivity index (χ3v) is 2.94. The third kappa shape index (κ3) is 1.93. The molecule has 3 nitrogen and oxygen atoms in total. The Balaban J connectivity index is 0.000000963. The predicted octanol–water partition coefficient (Wildman–Crippen LogP) is 1.72. The van der Waals surface area contributed by atoms with Crippen molar-refractivity contribution in [3.05, 3.63) is 35.4 Å². The minimum atomic E-state index is 0. The Morgan fingerprint density at radius 1 is 1.31 bits per heavy atom. The molecule has 0 aliphatic carbocycles. The fourth-order valence-corrected chi connectivity index (χ4v) is 2.21. The second-order valence-electron chi connectivity index (χ2n) is 3.89. The molecule has 1 aromatic rings. The molecule has 0 aromatic heterocycles. The van der Waals surface area contributed by atoms with Crippen LogP contribution in [0.5, 0.6) is 0 Å². The highest BCUT2D eigenvalue weighted by atomic mass is 35.5. The van der Waals surface area contributed by atoms with E-state index in [2.05, 4.69) is 34.6 Å². The van der Waals surface area contributed by atoms with Crippen molar-refractivity contribution in [1.29, 1.82) is 0 Å². The van der Waals surface area contributed by atoms with Crippen molar-refractivity contribution in [3.8, 4) is 0 Å². The number of hydrogen-bond donors (Lipinski definition) is 1. The predicted molar refractivity (Wildman–Crippen MR) is 66.4 cm³/mol. The molecule has 1 atom stereocenters. The molecule has 0 amide bonds. The van der Waals surface area contributed by atoms with Crippen molar-refractivity contribution < 1.29 is 4.74 Å². The van der Waals surface area contributed by atoms with Crippen molar-refractivity contribution in [1.82, 2.24) is 5.32 Å². The van der Waals surface area contributed by atoms with Crippen molar-refractivity contribution in [3.63, 3.8) is 0 Å². The molecule has 0 saturated carbocycles. The van der Waals surface area contributed by atoms with E-state index in [1.807, 2.05) is 0 Å². The third-order valence-electron chi connectivity index (χ3n) is 2.94. The molecule has 0 fully saturated rings. The highest BCUT2D eigenvalue weighted by Crippen LogP contribution is 2.27. The number of nitrogens with one attached hydrogen (secondary N) is 1. The van der Waals surface area contributed by atoms with E-state index in [1.54, 1.807) is 0 Å². The minimum Gasteiger partial charge on any atom is -0.369 e. The lowest BCUT2D eigenvalue weighted by Crippen LogP contribution is -2.31. The fourth-order valence-electron chi connectivity index (χ4n) is 2.21. The molecular weight excluding hydrogens is 224 g/mol. The number of benzene rings is 1. The van der Waals surface area contributed by atoms with Crippen LogP contribution in [0.4, 0.5) is 0 Å². The van der Waals surface area contributed by atoms with E-state index >= 15 is 0 Å². The van der Waals surface area contributed by atoms with Gasteiger partial charge in [-0.3, -0.25) is 4.99 Å². The smallest absolute Gasteiger partial charge is 0.140 e. The molecule has 2 aliphatic rings. The van der Waals surface area contributed by atoms with Gasteiger partial charge in [0.25, 0.3) is 0 Å². The highest BCUT2D eigenvalue weighted by molar-refractivity contribution is 5.89. The molecule has 1 aromatic carbocycles. The lowest BCUT2D eigenvalue weighted by atomic mass is 9.97. The number of rotatable bonds is 1. The van der Waals surface area contributed by atoms with Crippen LogP contribution in [0.15, 0.2) is 29.3 Å². The van der Waals surface area contributed by atoms with Crippen LogP contribution in [0, 0.1) is 0 Å². The van der Waals surface area contributed by atoms with Gasteiger partial charge in [0, 0.05) is 6.54 Å². The summed E-state index contributed by atoms with van der Waals surface area (Å²) in [4.78, 5) is 4.44. The SMILES string of the molecule is Cl.c1ccc2c(c1)CCOC2C1=NCCN1. The second-order valence-corrected chi connectivity index (χ2v) is 3.89. The van der Waals surface area contributed by atoms with E-state index in [-0.39, 0.29) is 18.5 Å². The Labute approximate surface area is 101 Å². The van der Waals surface area contributed by atoms with Gasteiger partial charge in [0.2, 0.25) is 0 Å². The van der Waals surface area contributed by atoms with Crippen LogP contribution >= 0.6 is 12.4 Å². The van der Waals surface area contributed by atoms with Crippen LogP contribution < -0.4 is 5.32 Å². The van der Waals surface area contributed by atoms with Gasteiger partial charge < -0.3 is 10.1 Å². The Morgan fingerprint density at radius 3 is 3.00 bits per heavy atom. The first-order valence-corrected chi connectivity index (χ1v) is 5.43. The molecule has 2 heterocycles. The number of halogens is 1. The summed E-state index contributed by atoms with van der Waals surface area (Å²) < 4.78 is 5.80. The van der Waals surface area contributed by atoms with Gasteiger partial charge in [0.15, 0.2) is 0 Å². The van der Waals surface area contributed by atoms with E-state index < -0.39 is 0 Å². The van der Waals surface area contributed by atoms with Crippen LogP contribution in [0.1, 0.15) is 17.2 Å². The molecule has 4 heteroatoms. The second kappa shape index (κ2) is 4.85. The summed E-state index contributed by atoms with van der Waals surface area (Å²) in [5, 5.41) is 3.29. The Kier molecular flexibility index (Phi) is 3.46. The average molecular weight is 239 g/mol. The molecule has 16 heavy (non-hydrogen) atoms. The zero-order chi connectivity index (χ0) is 10.1. The number of amidine groups is 1. The first kappa shape index (κ1) is 11.4. The van der Waals surface area contributed by atoms with Crippen LogP contribution in [0.3, 0.4) is 0 Å². The molecule has 86 valence electrons. The molecule has 3 rings (SSSR count). The van der Waals surface area contributed by atoms with Gasteiger partial charge in [0.05, 0.1) is 13.2 Å². The number of aliphatic imine (C=N–C) groups is 1. The van der Waals surface area contributed by atoms with Crippen LogP contribution in [-0.4, -0.2) is 25.5 Å². The van der Waals surface area contributed by atoms with Crippen molar-refractivity contribution >= 4 is 18.2 Å². The van der Waals surface area contributed by atoms with Crippen molar-refractivity contribution in [2.45, 2.75) is 12.5 Å². The van der Waals surface area contributed by atoms with Gasteiger partial charge >= 0.3 is 0 Å². The summed E-state index contributed by atoms with van der Waals surface area (Å²) in [7, 11) is 0. The molecule has 0 bridgehead atoms. The topological polar surface area (TPSA) is 33.6 Å². The zero-order valence-corrected chi connectivity index (χ0v) is 9.80. The van der Waals surface area contributed by atoms with Crippen molar-refractivity contribution in [2.75, 3.05) is 19.7 Å². The fraction of sp³-hybridized carbons (Fsp3) is 0.417. The summed E-state index contributed by atoms with van der Waals surface area (Å²) in [6.45, 7) is 2.61. The normalized spacial score (nSPS) is 22.8. The lowest BCUT2D eigenvalue weighted by molar-refractivity contribution is 0.0860. The van der Waals surface area contributed by atoms with E-state index in [0.717, 1.165) is 32.0 Å². The summed E-state index contributed by atoms with van der Waals surface area (Å²) >= 11 is 0. The molecule has 0 spiro atoms. The lowest BCUT2D eigenvalue weighted by Gasteiger charge is -2.26. The molecular formula is C12H15ClN2O. The highest BCUT2D eigenvalue weighted by Gasteiger charge is 2.26. The average Bonchev–Trinajstić information content (AvgIpc) is 2.82. The number of ether oxygens (including phenoxy) is 1. The maximum absolute atomic E-state index is 5.80. The van der Waals surface area contributed by atoms with Gasteiger partial charge in [-0.25, -0.2) is 0 Å². The maximum atomic E-state index is 5.80. The van der Waals surface area contributed by atoms with E-state index in [4.69, 9.17) is 4.74 Å². The van der Waals surface area contributed by atoms with E-state index in [0.29, 0.717) is 0 Å². The molecule has 2 aliphatic heterocycles. The monoisotopic (exact) mass is 238 g/mol. The Bertz CT molecular complexity index is 406. The Hall–Kier alpha value is -1.06. The number of fused-ring (bicyclic) bond motifs is 1. The Morgan fingerprint density at radius 2 is 2.19 bits per heavy atom. The largest absolute Gasteiger partial charge is 0.369 e. The van der Waals surface area contributed by atoms with Gasteiger partial charge in [-0.15, -0.1) is 12.4 Å². The first-order chi connectivity index (χ1) is 7.45. The van der Waals surface area contributed by atoms with Crippen LogP contribution in [0.2, 0.25) is 0 Å². The molecule has 1 unspecified atom stereocenters. The summed E-state index contributed by atoms with van der Waals surface area (Å²) in [6.07, 6.45) is 1.05. The maximum Gasteiger partial charge on any atom is 0.140 e. The van der Waals surface area contributed by atoms with E-state index in [1.165, 1.54) is 11.1 Å². The van der Waals surface area contributed by atoms with Gasteiger partial charge in [-0.2, -0.15) is 0 Å². The summed E-state index contributed by atoms with van der Waals surface area (Å²) in [5.41, 5.74) is 2.67. The van der Waals surface area contributed by atoms with Gasteiger partial charge in [-0.1, -0.05) is 24.3 Å². The quantitative estimate of drug-likeness (QED) is 0.809. The first-order valence-electron chi connectivity index (χ1n) is 5.43. The summed E-state index contributed by atoms with van der Waals surface area (Å²) in [6, 6.07) is 8.48. The van der Waals surface area contributed by atoms with E-state index in [9.17, 15) is 0 Å². The zero-order valence-electron chi connectivity index (χ0n) is 8.98. The van der Waals surface area contributed by atoms with Gasteiger partial charge in [0.1, 0.15) is 11.9 Å². The molecule has 1 N–H and O–H groups in total. The van der Waals surface area contributed by atoms with Gasteiger partial charge in [-0.05, 0) is 17.5 Å². The standard InChI is InChI=1S/C12H14N2O.ClH/c1-2-4-10-9(3-1)5-8-15-11(10)12-13-6-7-14-12;/h1-4,11H,5-8H2,(H,13,14);1H. The number of hydrogen-bond acceptors (Lipinski definition) is 3.